The van der Waals surface area contributed by atoms with E-state index < -0.39 is 17.8 Å². The van der Waals surface area contributed by atoms with Crippen LogP contribution >= 0.6 is 0 Å². The number of nitrogens with one attached hydrogen (secondary N) is 2. The summed E-state index contributed by atoms with van der Waals surface area (Å²) in [5.41, 5.74) is 5.02. The highest BCUT2D eigenvalue weighted by Gasteiger charge is 2.33. The van der Waals surface area contributed by atoms with Gasteiger partial charge in [-0.3, -0.25) is 9.69 Å². The average molecular weight is 689 g/mol. The maximum atomic E-state index is 13.6. The molecule has 0 aliphatic carbocycles. The summed E-state index contributed by atoms with van der Waals surface area (Å²) in [4.78, 5) is 36.8. The van der Waals surface area contributed by atoms with E-state index in [1.807, 2.05) is 78.9 Å². The van der Waals surface area contributed by atoms with Gasteiger partial charge in [-0.2, -0.15) is 13.2 Å². The molecule has 51 heavy (non-hydrogen) atoms. The van der Waals surface area contributed by atoms with Crippen LogP contribution in [0.3, 0.4) is 0 Å². The van der Waals surface area contributed by atoms with E-state index in [4.69, 9.17) is 4.74 Å². The van der Waals surface area contributed by atoms with Gasteiger partial charge >= 0.3 is 12.1 Å². The molecule has 258 valence electrons. The molecule has 0 radical (unpaired) electrons. The Hall–Kier alpha value is -5.74. The highest BCUT2D eigenvalue weighted by atomic mass is 19.4. The van der Waals surface area contributed by atoms with Crippen LogP contribution in [0.15, 0.2) is 127 Å². The molecule has 1 saturated heterocycles. The van der Waals surface area contributed by atoms with E-state index in [9.17, 15) is 22.8 Å². The Bertz CT molecular complexity index is 2090. The summed E-state index contributed by atoms with van der Waals surface area (Å²) in [6.07, 6.45) is -2.76. The quantitative estimate of drug-likeness (QED) is 0.148. The number of likely N-dealkylation sites (tertiary alicyclic amines) is 1. The molecule has 1 aromatic heterocycles. The molecule has 6 aromatic rings. The van der Waals surface area contributed by atoms with Crippen molar-refractivity contribution in [3.63, 3.8) is 0 Å². The Labute approximate surface area is 293 Å². The Kier molecular flexibility index (Phi) is 9.68. The highest BCUT2D eigenvalue weighted by molar-refractivity contribution is 6.08. The van der Waals surface area contributed by atoms with E-state index in [1.54, 1.807) is 24.3 Å². The van der Waals surface area contributed by atoms with Gasteiger partial charge in [0.15, 0.2) is 0 Å². The Morgan fingerprint density at radius 1 is 0.824 bits per heavy atom. The molecular formula is C41H35F3N4O3. The standard InChI is InChI=1S/C41H35F3N4O3/c42-41(43,44)31-18-14-29(15-19-31)33-10-4-5-11-34(33)39(49)45-32-20-16-27(17-21-32)28-22-24-48(25-23-28)38(30-8-2-1-3-9-30)40(50)51-26-37-46-35-12-6-7-13-36(35)47-37/h1-21,28,38H,22-26H2,(H,45,49)(H,46,47). The van der Waals surface area contributed by atoms with Crippen molar-refractivity contribution in [3.8, 4) is 11.1 Å². The number of carbonyl (C=O) groups is 2. The molecule has 1 unspecified atom stereocenters. The van der Waals surface area contributed by atoms with Crippen LogP contribution in [0.1, 0.15) is 57.7 Å². The topological polar surface area (TPSA) is 87.3 Å². The van der Waals surface area contributed by atoms with Crippen LogP contribution in [-0.4, -0.2) is 39.8 Å². The summed E-state index contributed by atoms with van der Waals surface area (Å²) in [6, 6.07) is 36.2. The summed E-state index contributed by atoms with van der Waals surface area (Å²) >= 11 is 0. The number of rotatable bonds is 9. The zero-order valence-electron chi connectivity index (χ0n) is 27.6. The second-order valence-corrected chi connectivity index (χ2v) is 12.6. The minimum absolute atomic E-state index is 0.0524. The molecule has 5 aromatic carbocycles. The second kappa shape index (κ2) is 14.6. The number of nitrogens with zero attached hydrogens (tertiary/aromatic N) is 2. The number of para-hydroxylation sites is 2. The van der Waals surface area contributed by atoms with Gasteiger partial charge < -0.3 is 15.0 Å². The van der Waals surface area contributed by atoms with Crippen LogP contribution in [0.4, 0.5) is 18.9 Å². The number of hydrogen-bond acceptors (Lipinski definition) is 5. The number of aromatic amines is 1. The number of halogens is 3. The molecule has 0 bridgehead atoms. The molecule has 7 nitrogen and oxygen atoms in total. The minimum atomic E-state index is -4.44. The first-order valence-corrected chi connectivity index (χ1v) is 16.8. The van der Waals surface area contributed by atoms with Gasteiger partial charge in [-0.15, -0.1) is 0 Å². The summed E-state index contributed by atoms with van der Waals surface area (Å²) in [7, 11) is 0. The molecule has 10 heteroatoms. The van der Waals surface area contributed by atoms with Crippen molar-refractivity contribution in [2.75, 3.05) is 18.4 Å². The van der Waals surface area contributed by atoms with Gasteiger partial charge in [0.1, 0.15) is 18.5 Å². The van der Waals surface area contributed by atoms with Gasteiger partial charge in [-0.05, 0) is 96.6 Å². The third kappa shape index (κ3) is 7.71. The Morgan fingerprint density at radius 2 is 1.49 bits per heavy atom. The number of hydrogen-bond donors (Lipinski definition) is 2. The van der Waals surface area contributed by atoms with Gasteiger partial charge in [0.2, 0.25) is 0 Å². The third-order valence-electron chi connectivity index (χ3n) is 9.36. The smallest absolute Gasteiger partial charge is 0.416 e. The summed E-state index contributed by atoms with van der Waals surface area (Å²) in [5, 5.41) is 2.93. The minimum Gasteiger partial charge on any atom is -0.456 e. The molecule has 1 atom stereocenters. The number of aromatic nitrogens is 2. The van der Waals surface area contributed by atoms with Crippen molar-refractivity contribution < 1.29 is 27.5 Å². The number of fused-ring (bicyclic) bond motifs is 1. The number of ether oxygens (including phenoxy) is 1. The first-order chi connectivity index (χ1) is 24.7. The lowest BCUT2D eigenvalue weighted by molar-refractivity contribution is -0.152. The number of carbonyl (C=O) groups excluding carboxylic acids is 2. The Morgan fingerprint density at radius 3 is 2.20 bits per heavy atom. The zero-order valence-corrected chi connectivity index (χ0v) is 27.6. The number of anilines is 1. The number of H-pyrrole nitrogens is 1. The fraction of sp³-hybridized carbons (Fsp3) is 0.195. The lowest BCUT2D eigenvalue weighted by Crippen LogP contribution is -2.40. The summed E-state index contributed by atoms with van der Waals surface area (Å²) in [5.74, 6) is 0.193. The van der Waals surface area contributed by atoms with Gasteiger partial charge in [0.25, 0.3) is 5.91 Å². The van der Waals surface area contributed by atoms with E-state index in [0.717, 1.165) is 47.1 Å². The summed E-state index contributed by atoms with van der Waals surface area (Å²) < 4.78 is 45.0. The molecule has 0 spiro atoms. The van der Waals surface area contributed by atoms with Gasteiger partial charge in [-0.1, -0.05) is 84.9 Å². The number of alkyl halides is 3. The number of imidazole rings is 1. The van der Waals surface area contributed by atoms with Crippen LogP contribution in [0.25, 0.3) is 22.2 Å². The molecule has 1 aliphatic heterocycles. The van der Waals surface area contributed by atoms with Crippen molar-refractivity contribution >= 4 is 28.6 Å². The zero-order chi connectivity index (χ0) is 35.4. The maximum Gasteiger partial charge on any atom is 0.416 e. The predicted octanol–water partition coefficient (Wildman–Crippen LogP) is 9.17. The van der Waals surface area contributed by atoms with E-state index in [0.29, 0.717) is 41.3 Å². The van der Waals surface area contributed by atoms with Crippen LogP contribution in [0, 0.1) is 0 Å². The van der Waals surface area contributed by atoms with E-state index in [2.05, 4.69) is 20.2 Å². The molecule has 7 rings (SSSR count). The van der Waals surface area contributed by atoms with Crippen LogP contribution in [0.2, 0.25) is 0 Å². The molecule has 1 fully saturated rings. The Balaban J connectivity index is 0.981. The van der Waals surface area contributed by atoms with Crippen LogP contribution in [0.5, 0.6) is 0 Å². The van der Waals surface area contributed by atoms with Crippen LogP contribution in [-0.2, 0) is 22.3 Å². The monoisotopic (exact) mass is 688 g/mol. The summed E-state index contributed by atoms with van der Waals surface area (Å²) in [6.45, 7) is 1.45. The van der Waals surface area contributed by atoms with Gasteiger partial charge in [0, 0.05) is 11.3 Å². The largest absolute Gasteiger partial charge is 0.456 e. The third-order valence-corrected chi connectivity index (χ3v) is 9.36. The van der Waals surface area contributed by atoms with E-state index in [1.165, 1.54) is 12.1 Å². The molecule has 1 aliphatic rings. The first kappa shape index (κ1) is 33.7. The molecular weight excluding hydrogens is 653 g/mol. The molecule has 2 heterocycles. The van der Waals surface area contributed by atoms with Crippen molar-refractivity contribution in [2.45, 2.75) is 37.6 Å². The predicted molar refractivity (Wildman–Crippen MR) is 190 cm³/mol. The van der Waals surface area contributed by atoms with Crippen molar-refractivity contribution in [1.82, 2.24) is 14.9 Å². The first-order valence-electron chi connectivity index (χ1n) is 16.8. The fourth-order valence-corrected chi connectivity index (χ4v) is 6.72. The molecule has 0 saturated carbocycles. The van der Waals surface area contributed by atoms with Crippen molar-refractivity contribution in [2.24, 2.45) is 0 Å². The second-order valence-electron chi connectivity index (χ2n) is 12.6. The number of benzene rings is 5. The highest BCUT2D eigenvalue weighted by Crippen LogP contribution is 2.35. The lowest BCUT2D eigenvalue weighted by Gasteiger charge is -2.36. The molecule has 2 N–H and O–H groups in total. The number of piperidine rings is 1. The number of esters is 1. The van der Waals surface area contributed by atoms with Gasteiger partial charge in [0.05, 0.1) is 16.6 Å². The SMILES string of the molecule is O=C(Nc1ccc(C2CCN(C(C(=O)OCc3nc4ccccc4[nH]3)c3ccccc3)CC2)cc1)c1ccccc1-c1ccc(C(F)(F)F)cc1. The van der Waals surface area contributed by atoms with Gasteiger partial charge in [-0.25, -0.2) is 9.78 Å². The fourth-order valence-electron chi connectivity index (χ4n) is 6.72. The van der Waals surface area contributed by atoms with Crippen molar-refractivity contribution in [3.05, 3.63) is 155 Å². The lowest BCUT2D eigenvalue weighted by atomic mass is 9.88. The average Bonchev–Trinajstić information content (AvgIpc) is 3.58. The van der Waals surface area contributed by atoms with Crippen LogP contribution < -0.4 is 5.32 Å². The van der Waals surface area contributed by atoms with E-state index in [-0.39, 0.29) is 24.4 Å². The van der Waals surface area contributed by atoms with Crippen molar-refractivity contribution in [1.29, 1.82) is 0 Å². The number of amides is 1. The maximum absolute atomic E-state index is 13.6. The van der Waals surface area contributed by atoms with E-state index >= 15 is 0 Å². The molecule has 1 amide bonds. The normalized spacial score (nSPS) is 14.6.